The molecular weight excluding hydrogens is 136 g/mol. The maximum atomic E-state index is 5.22. The van der Waals surface area contributed by atoms with Crippen LogP contribution in [0.4, 0.5) is 0 Å². The Balaban J connectivity index is 0.000000207. The van der Waals surface area contributed by atoms with E-state index in [-0.39, 0.29) is 0 Å². The second kappa shape index (κ2) is 5.56. The summed E-state index contributed by atoms with van der Waals surface area (Å²) >= 11 is 0. The van der Waals surface area contributed by atoms with Gasteiger partial charge in [0.15, 0.2) is 0 Å². The first-order valence-electron chi connectivity index (χ1n) is 4.54. The van der Waals surface area contributed by atoms with E-state index < -0.39 is 0 Å². The maximum absolute atomic E-state index is 5.22. The van der Waals surface area contributed by atoms with E-state index in [0.717, 1.165) is 0 Å². The Labute approximate surface area is 70.5 Å². The van der Waals surface area contributed by atoms with E-state index in [9.17, 15) is 0 Å². The van der Waals surface area contributed by atoms with Crippen molar-refractivity contribution in [2.75, 3.05) is 0 Å². The van der Waals surface area contributed by atoms with Crippen LogP contribution in [0.3, 0.4) is 0 Å². The summed E-state index contributed by atoms with van der Waals surface area (Å²) in [4.78, 5) is 0. The molecule has 0 atom stereocenters. The van der Waals surface area contributed by atoms with E-state index in [4.69, 9.17) is 5.73 Å². The van der Waals surface area contributed by atoms with Crippen molar-refractivity contribution in [3.05, 3.63) is 0 Å². The molecule has 1 aliphatic rings. The summed E-state index contributed by atoms with van der Waals surface area (Å²) in [5.41, 5.74) is 5.22. The lowest BCUT2D eigenvalue weighted by Gasteiger charge is -2.10. The average molecular weight is 158 g/mol. The Kier molecular flexibility index (Phi) is 5.51. The molecule has 0 saturated heterocycles. The van der Waals surface area contributed by atoms with Gasteiger partial charge in [-0.1, -0.05) is 27.7 Å². The van der Waals surface area contributed by atoms with Gasteiger partial charge in [0.25, 0.3) is 0 Å². The van der Waals surface area contributed by atoms with Crippen molar-refractivity contribution in [1.29, 1.82) is 0 Å². The topological polar surface area (TPSA) is 38.0 Å². The molecule has 0 amide bonds. The van der Waals surface area contributed by atoms with E-state index in [1.807, 2.05) is 0 Å². The second-order valence-electron chi connectivity index (χ2n) is 3.81. The van der Waals surface area contributed by atoms with Crippen LogP contribution >= 0.6 is 0 Å². The number of nitrogens with two attached hydrogens (primary N) is 1. The van der Waals surface area contributed by atoms with Gasteiger partial charge in [-0.15, -0.1) is 0 Å². The second-order valence-corrected chi connectivity index (χ2v) is 3.81. The quantitative estimate of drug-likeness (QED) is 0.639. The highest BCUT2D eigenvalue weighted by atomic mass is 14.9. The predicted molar refractivity (Wildman–Crippen MR) is 50.6 cm³/mol. The summed E-state index contributed by atoms with van der Waals surface area (Å²) in [5, 5.41) is 3.31. The van der Waals surface area contributed by atoms with Crippen molar-refractivity contribution in [2.24, 2.45) is 5.73 Å². The van der Waals surface area contributed by atoms with Crippen molar-refractivity contribution in [2.45, 2.75) is 58.7 Å². The summed E-state index contributed by atoms with van der Waals surface area (Å²) in [5.74, 6) is 0. The van der Waals surface area contributed by atoms with Gasteiger partial charge in [-0.2, -0.15) is 0 Å². The first kappa shape index (κ1) is 10.9. The van der Waals surface area contributed by atoms with E-state index in [2.05, 4.69) is 33.0 Å². The normalized spacial score (nSPS) is 16.6. The first-order valence-corrected chi connectivity index (χ1v) is 4.54. The number of nitrogens with one attached hydrogen (secondary N) is 1. The van der Waals surface area contributed by atoms with Crippen LogP contribution in [0.1, 0.15) is 40.5 Å². The van der Waals surface area contributed by atoms with E-state index in [0.29, 0.717) is 18.1 Å². The molecule has 1 aliphatic carbocycles. The summed E-state index contributed by atoms with van der Waals surface area (Å²) in [6, 6.07) is 1.83. The minimum Gasteiger partial charge on any atom is -0.328 e. The zero-order chi connectivity index (χ0) is 8.85. The summed E-state index contributed by atoms with van der Waals surface area (Å²) in [6.45, 7) is 8.61. The molecule has 0 radical (unpaired) electrons. The monoisotopic (exact) mass is 158 g/mol. The Bertz CT molecular complexity index is 79.6. The molecule has 0 spiro atoms. The number of hydrogen-bond acceptors (Lipinski definition) is 2. The van der Waals surface area contributed by atoms with Crippen molar-refractivity contribution in [1.82, 2.24) is 5.32 Å². The van der Waals surface area contributed by atoms with Crippen LogP contribution in [0.15, 0.2) is 0 Å². The first-order chi connectivity index (χ1) is 5.02. The Morgan fingerprint density at radius 3 is 1.36 bits per heavy atom. The fourth-order valence-electron chi connectivity index (χ4n) is 0.763. The summed E-state index contributed by atoms with van der Waals surface area (Å²) in [6.07, 6.45) is 2.53. The molecule has 0 aromatic heterocycles. The fourth-order valence-corrected chi connectivity index (χ4v) is 0.763. The highest BCUT2D eigenvalue weighted by Gasteiger charge is 2.13. The predicted octanol–water partition coefficient (Wildman–Crippen LogP) is 1.50. The molecule has 0 bridgehead atoms. The zero-order valence-electron chi connectivity index (χ0n) is 8.22. The van der Waals surface area contributed by atoms with Gasteiger partial charge >= 0.3 is 0 Å². The standard InChI is InChI=1S/C6H15N.C3H7N/c1-5(2)7-6(3)4;4-3-1-2-3/h5-7H,1-4H3;3H,1-2,4H2. The highest BCUT2D eigenvalue weighted by molar-refractivity contribution is 4.75. The van der Waals surface area contributed by atoms with Gasteiger partial charge < -0.3 is 11.1 Å². The lowest BCUT2D eigenvalue weighted by Crippen LogP contribution is -2.29. The van der Waals surface area contributed by atoms with Gasteiger partial charge in [-0.3, -0.25) is 0 Å². The molecule has 1 saturated carbocycles. The molecule has 0 aromatic rings. The molecule has 0 heterocycles. The van der Waals surface area contributed by atoms with Gasteiger partial charge in [-0.25, -0.2) is 0 Å². The van der Waals surface area contributed by atoms with Crippen LogP contribution < -0.4 is 11.1 Å². The maximum Gasteiger partial charge on any atom is 0.00399 e. The zero-order valence-corrected chi connectivity index (χ0v) is 8.22. The average Bonchev–Trinajstić information content (AvgIpc) is 2.47. The van der Waals surface area contributed by atoms with E-state index >= 15 is 0 Å². The lowest BCUT2D eigenvalue weighted by molar-refractivity contribution is 0.518. The summed E-state index contributed by atoms with van der Waals surface area (Å²) in [7, 11) is 0. The number of rotatable bonds is 2. The van der Waals surface area contributed by atoms with E-state index in [1.165, 1.54) is 12.8 Å². The third-order valence-corrected chi connectivity index (χ3v) is 1.29. The van der Waals surface area contributed by atoms with Crippen molar-refractivity contribution >= 4 is 0 Å². The smallest absolute Gasteiger partial charge is 0.00399 e. The largest absolute Gasteiger partial charge is 0.328 e. The third-order valence-electron chi connectivity index (χ3n) is 1.29. The fraction of sp³-hybridized carbons (Fsp3) is 1.00. The molecule has 2 nitrogen and oxygen atoms in total. The molecule has 0 aliphatic heterocycles. The molecule has 0 unspecified atom stereocenters. The van der Waals surface area contributed by atoms with Crippen LogP contribution in [0.25, 0.3) is 0 Å². The van der Waals surface area contributed by atoms with Crippen molar-refractivity contribution in [3.63, 3.8) is 0 Å². The minimum absolute atomic E-state index is 0.583. The molecule has 11 heavy (non-hydrogen) atoms. The van der Waals surface area contributed by atoms with Gasteiger partial charge in [0, 0.05) is 18.1 Å². The summed E-state index contributed by atoms with van der Waals surface area (Å²) < 4.78 is 0. The van der Waals surface area contributed by atoms with Crippen LogP contribution in [-0.4, -0.2) is 18.1 Å². The Morgan fingerprint density at radius 2 is 1.36 bits per heavy atom. The van der Waals surface area contributed by atoms with Crippen LogP contribution in [-0.2, 0) is 0 Å². The Morgan fingerprint density at radius 1 is 1.09 bits per heavy atom. The third kappa shape index (κ3) is 13.0. The van der Waals surface area contributed by atoms with Crippen LogP contribution in [0.2, 0.25) is 0 Å². The molecular formula is C9H22N2. The molecule has 68 valence electrons. The molecule has 0 aromatic carbocycles. The van der Waals surface area contributed by atoms with Crippen molar-refractivity contribution < 1.29 is 0 Å². The van der Waals surface area contributed by atoms with Gasteiger partial charge in [0.1, 0.15) is 0 Å². The van der Waals surface area contributed by atoms with Crippen LogP contribution in [0, 0.1) is 0 Å². The molecule has 1 fully saturated rings. The lowest BCUT2D eigenvalue weighted by atomic mass is 10.3. The SMILES string of the molecule is CC(C)NC(C)C.NC1CC1. The van der Waals surface area contributed by atoms with Gasteiger partial charge in [0.2, 0.25) is 0 Å². The van der Waals surface area contributed by atoms with E-state index in [1.54, 1.807) is 0 Å². The minimum atomic E-state index is 0.583. The van der Waals surface area contributed by atoms with Crippen molar-refractivity contribution in [3.8, 4) is 0 Å². The Hall–Kier alpha value is -0.0800. The highest BCUT2D eigenvalue weighted by Crippen LogP contribution is 2.13. The molecule has 3 N–H and O–H groups in total. The van der Waals surface area contributed by atoms with Crippen LogP contribution in [0.5, 0.6) is 0 Å². The van der Waals surface area contributed by atoms with Gasteiger partial charge in [-0.05, 0) is 12.8 Å². The number of hydrogen-bond donors (Lipinski definition) is 2. The molecule has 1 rings (SSSR count). The van der Waals surface area contributed by atoms with Gasteiger partial charge in [0.05, 0.1) is 0 Å². The molecule has 2 heteroatoms.